The average Bonchev–Trinajstić information content (AvgIpc) is 2.20. The Labute approximate surface area is 82.9 Å². The number of fused-ring (bicyclic) bond motifs is 1. The predicted octanol–water partition coefficient (Wildman–Crippen LogP) is 2.17. The number of rotatable bonds is 1. The monoisotopic (exact) mass is 195 g/mol. The Hall–Kier alpha value is -1.09. The molecule has 1 aromatic rings. The molecule has 2 rings (SSSR count). The lowest BCUT2D eigenvalue weighted by molar-refractivity contribution is 0.254. The second-order valence-electron chi connectivity index (χ2n) is 3.55. The van der Waals surface area contributed by atoms with Crippen molar-refractivity contribution < 1.29 is 9.13 Å². The molecular weight excluding hydrogens is 181 g/mol. The van der Waals surface area contributed by atoms with Gasteiger partial charge in [0.05, 0.1) is 6.61 Å². The van der Waals surface area contributed by atoms with Gasteiger partial charge in [-0.3, -0.25) is 0 Å². The van der Waals surface area contributed by atoms with Gasteiger partial charge in [-0.05, 0) is 18.1 Å². The Kier molecular flexibility index (Phi) is 2.42. The molecule has 0 saturated heterocycles. The molecule has 2 N–H and O–H groups in total. The minimum Gasteiger partial charge on any atom is -0.490 e. The van der Waals surface area contributed by atoms with Crippen LogP contribution in [0.3, 0.4) is 0 Å². The summed E-state index contributed by atoms with van der Waals surface area (Å²) in [7, 11) is 0. The molecule has 0 fully saturated rings. The van der Waals surface area contributed by atoms with Gasteiger partial charge in [-0.15, -0.1) is 0 Å². The summed E-state index contributed by atoms with van der Waals surface area (Å²) in [6.45, 7) is 2.55. The number of ether oxygens (including phenoxy) is 1. The zero-order chi connectivity index (χ0) is 10.1. The lowest BCUT2D eigenvalue weighted by atomic mass is 9.94. The number of aryl methyl sites for hydroxylation is 1. The third kappa shape index (κ3) is 1.38. The van der Waals surface area contributed by atoms with E-state index in [9.17, 15) is 4.39 Å². The SMILES string of the molecule is CCc1ccc(F)c2c1[C@@H](N)CCO2. The summed E-state index contributed by atoms with van der Waals surface area (Å²) < 4.78 is 18.7. The molecule has 3 heteroatoms. The summed E-state index contributed by atoms with van der Waals surface area (Å²) in [5.74, 6) is 0.0652. The lowest BCUT2D eigenvalue weighted by Gasteiger charge is -2.25. The summed E-state index contributed by atoms with van der Waals surface area (Å²) in [5.41, 5.74) is 7.90. The van der Waals surface area contributed by atoms with Crippen LogP contribution < -0.4 is 10.5 Å². The van der Waals surface area contributed by atoms with Crippen molar-refractivity contribution in [2.75, 3.05) is 6.61 Å². The third-order valence-electron chi connectivity index (χ3n) is 2.67. The van der Waals surface area contributed by atoms with Gasteiger partial charge in [0, 0.05) is 18.0 Å². The topological polar surface area (TPSA) is 35.2 Å². The fourth-order valence-corrected chi connectivity index (χ4v) is 1.91. The first-order chi connectivity index (χ1) is 6.74. The molecule has 0 aliphatic carbocycles. The second-order valence-corrected chi connectivity index (χ2v) is 3.55. The van der Waals surface area contributed by atoms with Crippen LogP contribution in [-0.2, 0) is 6.42 Å². The highest BCUT2D eigenvalue weighted by Crippen LogP contribution is 2.35. The molecule has 1 aliphatic rings. The van der Waals surface area contributed by atoms with E-state index in [0.717, 1.165) is 24.0 Å². The van der Waals surface area contributed by atoms with Crippen molar-refractivity contribution in [3.05, 3.63) is 29.1 Å². The van der Waals surface area contributed by atoms with E-state index in [2.05, 4.69) is 0 Å². The molecule has 0 bridgehead atoms. The van der Waals surface area contributed by atoms with Crippen molar-refractivity contribution in [3.8, 4) is 5.75 Å². The number of halogens is 1. The second kappa shape index (κ2) is 3.58. The Morgan fingerprint density at radius 3 is 3.07 bits per heavy atom. The maximum absolute atomic E-state index is 13.4. The first kappa shape index (κ1) is 9.46. The molecule has 0 radical (unpaired) electrons. The Morgan fingerprint density at radius 2 is 2.36 bits per heavy atom. The highest BCUT2D eigenvalue weighted by atomic mass is 19.1. The molecule has 0 unspecified atom stereocenters. The molecule has 0 saturated carbocycles. The zero-order valence-corrected chi connectivity index (χ0v) is 8.22. The number of hydrogen-bond acceptors (Lipinski definition) is 2. The van der Waals surface area contributed by atoms with E-state index in [0.29, 0.717) is 12.4 Å². The maximum atomic E-state index is 13.4. The number of nitrogens with two attached hydrogens (primary N) is 1. The summed E-state index contributed by atoms with van der Waals surface area (Å²) in [6, 6.07) is 3.17. The standard InChI is InChI=1S/C11H14FNO/c1-2-7-3-4-8(12)11-10(7)9(13)5-6-14-11/h3-4,9H,2,5-6,13H2,1H3/t9-/m0/s1. The van der Waals surface area contributed by atoms with Crippen LogP contribution in [0.1, 0.15) is 30.5 Å². The zero-order valence-electron chi connectivity index (χ0n) is 8.22. The van der Waals surface area contributed by atoms with Gasteiger partial charge in [0.15, 0.2) is 11.6 Å². The van der Waals surface area contributed by atoms with Gasteiger partial charge in [0.1, 0.15) is 0 Å². The van der Waals surface area contributed by atoms with Gasteiger partial charge >= 0.3 is 0 Å². The fraction of sp³-hybridized carbons (Fsp3) is 0.455. The number of hydrogen-bond donors (Lipinski definition) is 1. The van der Waals surface area contributed by atoms with Crippen molar-refractivity contribution in [2.45, 2.75) is 25.8 Å². The van der Waals surface area contributed by atoms with Crippen molar-refractivity contribution >= 4 is 0 Å². The maximum Gasteiger partial charge on any atom is 0.165 e. The quantitative estimate of drug-likeness (QED) is 0.745. The molecule has 2 nitrogen and oxygen atoms in total. The van der Waals surface area contributed by atoms with Crippen molar-refractivity contribution in [1.29, 1.82) is 0 Å². The predicted molar refractivity (Wildman–Crippen MR) is 52.8 cm³/mol. The average molecular weight is 195 g/mol. The molecule has 1 aromatic carbocycles. The summed E-state index contributed by atoms with van der Waals surface area (Å²) in [4.78, 5) is 0. The van der Waals surface area contributed by atoms with Crippen LogP contribution in [0.2, 0.25) is 0 Å². The molecule has 1 atom stereocenters. The summed E-state index contributed by atoms with van der Waals surface area (Å²) >= 11 is 0. The van der Waals surface area contributed by atoms with Crippen LogP contribution >= 0.6 is 0 Å². The number of benzene rings is 1. The lowest BCUT2D eigenvalue weighted by Crippen LogP contribution is -2.23. The van der Waals surface area contributed by atoms with Crippen LogP contribution in [0, 0.1) is 5.82 Å². The molecule has 0 spiro atoms. The summed E-state index contributed by atoms with van der Waals surface area (Å²) in [6.07, 6.45) is 1.63. The van der Waals surface area contributed by atoms with Crippen molar-refractivity contribution in [3.63, 3.8) is 0 Å². The van der Waals surface area contributed by atoms with Gasteiger partial charge in [-0.25, -0.2) is 4.39 Å². The molecule has 1 aliphatic heterocycles. The Morgan fingerprint density at radius 1 is 1.57 bits per heavy atom. The van der Waals surface area contributed by atoms with Gasteiger partial charge in [0.25, 0.3) is 0 Å². The molecule has 76 valence electrons. The van der Waals surface area contributed by atoms with E-state index in [4.69, 9.17) is 10.5 Å². The largest absolute Gasteiger partial charge is 0.490 e. The van der Waals surface area contributed by atoms with E-state index in [-0.39, 0.29) is 11.9 Å². The smallest absolute Gasteiger partial charge is 0.165 e. The Balaban J connectivity index is 2.58. The Bertz CT molecular complexity index is 351. The van der Waals surface area contributed by atoms with E-state index in [1.807, 2.05) is 6.92 Å². The first-order valence-corrected chi connectivity index (χ1v) is 4.93. The van der Waals surface area contributed by atoms with E-state index in [1.54, 1.807) is 6.07 Å². The van der Waals surface area contributed by atoms with E-state index >= 15 is 0 Å². The van der Waals surface area contributed by atoms with Gasteiger partial charge in [0.2, 0.25) is 0 Å². The highest BCUT2D eigenvalue weighted by molar-refractivity contribution is 5.44. The molecule has 0 amide bonds. The van der Waals surface area contributed by atoms with Crippen LogP contribution in [0.5, 0.6) is 5.75 Å². The molecule has 14 heavy (non-hydrogen) atoms. The van der Waals surface area contributed by atoms with E-state index < -0.39 is 0 Å². The summed E-state index contributed by atoms with van der Waals surface area (Å²) in [5, 5.41) is 0. The van der Waals surface area contributed by atoms with Crippen LogP contribution in [0.25, 0.3) is 0 Å². The minimum absolute atomic E-state index is 0.0793. The van der Waals surface area contributed by atoms with Gasteiger partial charge < -0.3 is 10.5 Å². The first-order valence-electron chi connectivity index (χ1n) is 4.93. The van der Waals surface area contributed by atoms with Gasteiger partial charge in [-0.2, -0.15) is 0 Å². The molecule has 0 aromatic heterocycles. The molecular formula is C11H14FNO. The van der Waals surface area contributed by atoms with E-state index in [1.165, 1.54) is 6.07 Å². The highest BCUT2D eigenvalue weighted by Gasteiger charge is 2.23. The van der Waals surface area contributed by atoms with Crippen LogP contribution in [0.15, 0.2) is 12.1 Å². The van der Waals surface area contributed by atoms with Crippen molar-refractivity contribution in [1.82, 2.24) is 0 Å². The van der Waals surface area contributed by atoms with Gasteiger partial charge in [-0.1, -0.05) is 13.0 Å². The fourth-order valence-electron chi connectivity index (χ4n) is 1.91. The van der Waals surface area contributed by atoms with Crippen molar-refractivity contribution in [2.24, 2.45) is 5.73 Å². The van der Waals surface area contributed by atoms with Crippen LogP contribution in [0.4, 0.5) is 4.39 Å². The minimum atomic E-state index is -0.299. The third-order valence-corrected chi connectivity index (χ3v) is 2.67. The molecule has 1 heterocycles. The normalized spacial score (nSPS) is 20.1. The van der Waals surface area contributed by atoms with Crippen LogP contribution in [-0.4, -0.2) is 6.61 Å².